The van der Waals surface area contributed by atoms with Crippen LogP contribution in [0.25, 0.3) is 11.1 Å². The van der Waals surface area contributed by atoms with Gasteiger partial charge in [-0.2, -0.15) is 0 Å². The number of aliphatic carboxylic acids is 1. The molecule has 0 aromatic heterocycles. The van der Waals surface area contributed by atoms with E-state index >= 15 is 24.0 Å². The van der Waals surface area contributed by atoms with Gasteiger partial charge in [-0.3, -0.25) is 38.4 Å². The fourth-order valence-electron chi connectivity index (χ4n) is 16.6. The van der Waals surface area contributed by atoms with E-state index < -0.39 is 316 Å². The smallest absolute Gasteiger partial charge is 0.330 e. The molecule has 3 saturated heterocycles. The highest BCUT2D eigenvalue weighted by atomic mass is 35.5. The number of aliphatic hydroxyl groups is 10. The van der Waals surface area contributed by atoms with Gasteiger partial charge in [-0.05, 0) is 125 Å². The summed E-state index contributed by atoms with van der Waals surface area (Å²) in [6, 6.07) is 0.677. The molecule has 0 aliphatic carbocycles. The Morgan fingerprint density at radius 2 is 1.05 bits per heavy atom. The van der Waals surface area contributed by atoms with E-state index in [1.165, 1.54) is 30.3 Å². The number of nitrogens with one attached hydrogen (secondary N) is 8. The highest BCUT2D eigenvalue weighted by Gasteiger charge is 2.52. The van der Waals surface area contributed by atoms with Crippen LogP contribution < -0.4 is 72.0 Å². The summed E-state index contributed by atoms with van der Waals surface area (Å²) in [5.74, 6) is -19.1. The highest BCUT2D eigenvalue weighted by molar-refractivity contribution is 6.32. The van der Waals surface area contributed by atoms with Crippen LogP contribution in [-0.4, -0.2) is 254 Å². The molecular formula is C89H99Cl2N9O33. The number of hydrogen-bond donors (Lipinski definition) is 24. The number of carboxylic acids is 1. The van der Waals surface area contributed by atoms with Crippen molar-refractivity contribution in [3.8, 4) is 80.1 Å². The number of carbonyl (C=O) groups excluding carboxylic acids is 8. The lowest BCUT2D eigenvalue weighted by Gasteiger charge is -2.44. The first-order valence-electron chi connectivity index (χ1n) is 42.5. The van der Waals surface area contributed by atoms with Crippen LogP contribution in [0.2, 0.25) is 10.0 Å². The van der Waals surface area contributed by atoms with E-state index in [0.29, 0.717) is 18.8 Å². The van der Waals surface area contributed by atoms with Crippen LogP contribution in [-0.2, 0) is 68.5 Å². The van der Waals surface area contributed by atoms with E-state index in [4.69, 9.17) is 71.6 Å². The molecule has 712 valence electrons. The molecule has 133 heavy (non-hydrogen) atoms. The largest absolute Gasteiger partial charge is 0.508 e. The zero-order valence-corrected chi connectivity index (χ0v) is 72.5. The monoisotopic (exact) mass is 1890 g/mol. The van der Waals surface area contributed by atoms with Crippen LogP contribution in [0.5, 0.6) is 69.0 Å². The van der Waals surface area contributed by atoms with Crippen LogP contribution >= 0.6 is 23.2 Å². The summed E-state index contributed by atoms with van der Waals surface area (Å²) < 4.78 is 57.5. The van der Waals surface area contributed by atoms with Crippen LogP contribution in [0.1, 0.15) is 141 Å². The number of fused-ring (bicyclic) bond motifs is 14. The Morgan fingerprint density at radius 3 is 1.68 bits per heavy atom. The molecule has 23 atom stereocenters. The number of halogens is 2. The van der Waals surface area contributed by atoms with Gasteiger partial charge in [0.15, 0.2) is 35.3 Å². The van der Waals surface area contributed by atoms with E-state index in [0.717, 1.165) is 118 Å². The molecule has 0 saturated carbocycles. The third-order valence-electron chi connectivity index (χ3n) is 23.6. The fraction of sp³-hybridized carbons (Fsp3) is 0.427. The van der Waals surface area contributed by atoms with Crippen LogP contribution in [0, 0.1) is 5.92 Å². The van der Waals surface area contributed by atoms with Gasteiger partial charge in [-0.15, -0.1) is 0 Å². The normalized spacial score (nSPS) is 28.8. The minimum atomic E-state index is -2.59. The third-order valence-corrected chi connectivity index (χ3v) is 24.2. The molecule has 9 aliphatic heterocycles. The molecule has 42 nitrogen and oxygen atoms in total. The number of aromatic hydroxyl groups is 4. The van der Waals surface area contributed by atoms with Crippen molar-refractivity contribution in [2.45, 2.75) is 213 Å². The van der Waals surface area contributed by atoms with E-state index in [1.54, 1.807) is 0 Å². The molecule has 25 N–H and O–H groups in total. The van der Waals surface area contributed by atoms with Gasteiger partial charge >= 0.3 is 5.97 Å². The lowest BCUT2D eigenvalue weighted by molar-refractivity contribution is -0.284. The number of benzene rings is 7. The predicted octanol–water partition coefficient (Wildman–Crippen LogP) is 1.41. The number of carbonyl (C=O) groups is 9. The summed E-state index contributed by atoms with van der Waals surface area (Å²) in [6.07, 6.45) is -24.9. The SMILES string of the molecule is CC(=O)N[C@H]1[C@H](O[C@@H]2c3ccc(c(Cl)c3)Oc3cc4cc(c3O[C@@H]3O[C@H](CO)[C@@H](O)[C@H](O)[C@H]3NC(=O)CCCCCCCC(C)C)Oc3ccc(cc3Cl)C[C@@H]3NC(=O)[C@H](N)c5ccc(O)c(c5)Oc5cc(O)cc(c5)[C@@H](NC3=O)C(=O)N[C@H]4C(=O)N[C@H]3C(=O)N[C@@H]2C(=O)N[C@H](C(=O)O)c2cc(O)cc(O[C@H]4O[C@H](CO)[C@@H](O)[C@H](O)[C@@H]4O)c2-c2cc3ccc2O)O[C@H](CO)[C@@H](O)[C@@H]1O. The molecule has 0 spiro atoms. The first-order chi connectivity index (χ1) is 63.4. The number of unbranched alkanes of at least 4 members (excludes halogenated alkanes) is 4. The Balaban J connectivity index is 1.03. The van der Waals surface area contributed by atoms with E-state index in [9.17, 15) is 95.8 Å². The molecule has 0 radical (unpaired) electrons. The van der Waals surface area contributed by atoms with E-state index in [2.05, 4.69) is 56.4 Å². The molecular weight excluding hydrogens is 1790 g/mol. The van der Waals surface area contributed by atoms with Crippen molar-refractivity contribution in [3.63, 3.8) is 0 Å². The average molecular weight is 1890 g/mol. The molecule has 44 heteroatoms. The number of rotatable bonds is 20. The van der Waals surface area contributed by atoms with Crippen molar-refractivity contribution in [1.82, 2.24) is 42.5 Å². The van der Waals surface area contributed by atoms with Gasteiger partial charge in [0.1, 0.15) is 156 Å². The molecule has 0 unspecified atom stereocenters. The summed E-state index contributed by atoms with van der Waals surface area (Å²) in [7, 11) is 0. The number of ether oxygens (including phenoxy) is 9. The Bertz CT molecular complexity index is 5580. The zero-order valence-electron chi connectivity index (χ0n) is 71.0. The Morgan fingerprint density at radius 1 is 0.496 bits per heavy atom. The van der Waals surface area contributed by atoms with Gasteiger partial charge in [0.2, 0.25) is 65.6 Å². The Hall–Kier alpha value is -12.0. The number of phenols is 4. The second-order valence-corrected chi connectivity index (χ2v) is 34.4. The van der Waals surface area contributed by atoms with Gasteiger partial charge < -0.3 is 167 Å². The van der Waals surface area contributed by atoms with Gasteiger partial charge in [-0.1, -0.05) is 93.4 Å². The summed E-state index contributed by atoms with van der Waals surface area (Å²) in [5.41, 5.74) is 2.80. The first-order valence-corrected chi connectivity index (χ1v) is 43.2. The van der Waals surface area contributed by atoms with Gasteiger partial charge in [-0.25, -0.2) is 4.79 Å². The number of nitrogens with two attached hydrogens (primary N) is 1. The van der Waals surface area contributed by atoms with E-state index in [1.807, 2.05) is 0 Å². The lowest BCUT2D eigenvalue weighted by atomic mass is 9.89. The number of carboxylic acid groups (broad SMARTS) is 1. The lowest BCUT2D eigenvalue weighted by Crippen LogP contribution is -2.65. The molecule has 17 bridgehead atoms. The van der Waals surface area contributed by atoms with Gasteiger partial charge in [0, 0.05) is 48.6 Å². The molecule has 8 amide bonds. The minimum Gasteiger partial charge on any atom is -0.508 e. The number of hydrogen-bond acceptors (Lipinski definition) is 33. The maximum Gasteiger partial charge on any atom is 0.330 e. The third kappa shape index (κ3) is 21.3. The van der Waals surface area contributed by atoms with Crippen LogP contribution in [0.15, 0.2) is 115 Å². The van der Waals surface area contributed by atoms with Crippen LogP contribution in [0.4, 0.5) is 0 Å². The first kappa shape index (κ1) is 97.0. The molecule has 7 aromatic rings. The Kier molecular flexibility index (Phi) is 30.0. The van der Waals surface area contributed by atoms with E-state index in [-0.39, 0.29) is 39.8 Å². The quantitative estimate of drug-likeness (QED) is 0.0480. The average Bonchev–Trinajstić information content (AvgIpc) is 0.755. The van der Waals surface area contributed by atoms with Gasteiger partial charge in [0.05, 0.1) is 29.9 Å². The fourth-order valence-corrected chi connectivity index (χ4v) is 17.1. The van der Waals surface area contributed by atoms with Crippen LogP contribution in [0.3, 0.4) is 0 Å². The van der Waals surface area contributed by atoms with Crippen molar-refractivity contribution in [3.05, 3.63) is 164 Å². The number of aliphatic hydroxyl groups excluding tert-OH is 10. The molecule has 16 rings (SSSR count). The number of amides is 8. The Labute approximate surface area is 766 Å². The highest BCUT2D eigenvalue weighted by Crippen LogP contribution is 2.51. The van der Waals surface area contributed by atoms with Gasteiger partial charge in [0.25, 0.3) is 0 Å². The summed E-state index contributed by atoms with van der Waals surface area (Å²) in [4.78, 5) is 138. The van der Waals surface area contributed by atoms with Crippen molar-refractivity contribution in [2.75, 3.05) is 19.8 Å². The van der Waals surface area contributed by atoms with Crippen molar-refractivity contribution >= 4 is 76.4 Å². The summed E-state index contributed by atoms with van der Waals surface area (Å²) >= 11 is 14.7. The standard InChI is InChI=1S/C89H99Cl2N9O33/c1-34(2)9-7-5-4-6-8-10-61(109)95-69-75(114)72(111)59(32-102)130-88(69)133-79-56-26-41-27-57(79)127-53-18-14-39(24-48(53)91)78(132-87-68(93-35(3)104)74(113)71(110)58(31-101)129-87)70-85(122)99-67(86(123)124)46-29-43(106)30-55(128-89-77(116)76(115)73(112)60(33-103)131-89)62(46)45-23-38(13-15-50(45)107)64(82(119)100-70)97-84(121)66(41)98-83(120)65-40-21-42(105)28-44(22-40)125-54-25-37(12-16-51(54)108)63(92)81(118)94-49(80(117)96-65)20-36-11-17-52(126-56)47(90)19-36/h11-19,21-30,34,49,58-60,63-78,87-89,101-103,105-108,110-116H,4-10,20,31-33,92H2,1-3H3,(H,93,104)(H,94,118)(H,95,109)(H,96,117)(H,97,121)(H,98,120)(H,99,122)(H,100,119)(H,123,124)/t49-,58+,59+,60+,63+,64+,65+,66+,67-,68+,69+,70-,71+,72+,73+,74+,75+,76-,77-,78+,87-,88-,89-/m0/s1. The van der Waals surface area contributed by atoms with Crippen molar-refractivity contribution in [2.24, 2.45) is 11.7 Å². The maximum absolute atomic E-state index is 17.0. The van der Waals surface area contributed by atoms with Crippen molar-refractivity contribution in [1.29, 1.82) is 0 Å². The summed E-state index contributed by atoms with van der Waals surface area (Å²) in [5, 5.41) is 190. The second-order valence-electron chi connectivity index (χ2n) is 33.5. The molecule has 7 aromatic carbocycles. The zero-order chi connectivity index (χ0) is 95.6. The topological polar surface area (TPSA) is 662 Å². The molecule has 9 aliphatic rings. The predicted molar refractivity (Wildman–Crippen MR) is 458 cm³/mol. The molecule has 9 heterocycles. The molecule has 3 fully saturated rings. The minimum absolute atomic E-state index is 0.0270. The summed E-state index contributed by atoms with van der Waals surface area (Å²) in [6.45, 7) is 2.03. The second kappa shape index (κ2) is 41.2. The number of phenolic OH excluding ortho intramolecular Hbond substituents is 4. The van der Waals surface area contributed by atoms with Crippen molar-refractivity contribution < 1.29 is 162 Å². The maximum atomic E-state index is 17.0.